The Labute approximate surface area is 230 Å². The zero-order valence-electron chi connectivity index (χ0n) is 22.4. The van der Waals surface area contributed by atoms with E-state index >= 15 is 4.39 Å². The van der Waals surface area contributed by atoms with Crippen molar-refractivity contribution >= 4 is 11.0 Å². The number of rotatable bonds is 8. The van der Waals surface area contributed by atoms with Crippen LogP contribution in [0.4, 0.5) is 8.78 Å². The van der Waals surface area contributed by atoms with E-state index in [1.165, 1.54) is 25.0 Å². The van der Waals surface area contributed by atoms with Gasteiger partial charge in [-0.05, 0) is 50.8 Å². The highest BCUT2D eigenvalue weighted by Crippen LogP contribution is 2.40. The van der Waals surface area contributed by atoms with E-state index in [9.17, 15) is 4.39 Å². The second-order valence-electron chi connectivity index (χ2n) is 11.1. The van der Waals surface area contributed by atoms with Gasteiger partial charge in [0.1, 0.15) is 22.8 Å². The molecule has 1 aliphatic carbocycles. The molecular weight excluding hydrogens is 516 g/mol. The number of pyridine rings is 1. The third-order valence-corrected chi connectivity index (χ3v) is 8.05. The summed E-state index contributed by atoms with van der Waals surface area (Å²) < 4.78 is 48.2. The Kier molecular flexibility index (Phi) is 6.77. The first-order valence-corrected chi connectivity index (χ1v) is 14.0. The van der Waals surface area contributed by atoms with Crippen LogP contribution in [-0.4, -0.2) is 51.2 Å². The Hall–Kier alpha value is -3.34. The molecule has 0 unspecified atom stereocenters. The lowest BCUT2D eigenvalue weighted by Gasteiger charge is -2.29. The number of hydrogen-bond donors (Lipinski definition) is 0. The number of benzene rings is 1. The molecule has 2 atom stereocenters. The minimum atomic E-state index is -0.687. The molecule has 0 amide bonds. The van der Waals surface area contributed by atoms with Crippen molar-refractivity contribution in [3.63, 3.8) is 0 Å². The number of aryl methyl sites for hydroxylation is 1. The third kappa shape index (κ3) is 5.11. The summed E-state index contributed by atoms with van der Waals surface area (Å²) in [6, 6.07) is 6.00. The summed E-state index contributed by atoms with van der Waals surface area (Å²) in [7, 11) is 0. The molecule has 1 aromatic carbocycles. The van der Waals surface area contributed by atoms with Crippen LogP contribution in [-0.2, 0) is 20.8 Å². The Morgan fingerprint density at radius 3 is 2.73 bits per heavy atom. The number of fused-ring (bicyclic) bond motifs is 1. The van der Waals surface area contributed by atoms with Crippen LogP contribution in [0.15, 0.2) is 36.7 Å². The van der Waals surface area contributed by atoms with Gasteiger partial charge in [-0.1, -0.05) is 0 Å². The predicted octanol–water partition coefficient (Wildman–Crippen LogP) is 5.61. The van der Waals surface area contributed by atoms with Gasteiger partial charge in [-0.15, -0.1) is 0 Å². The first-order valence-electron chi connectivity index (χ1n) is 14.0. The van der Waals surface area contributed by atoms with Gasteiger partial charge in [0.2, 0.25) is 0 Å². The van der Waals surface area contributed by atoms with E-state index in [2.05, 4.69) is 11.3 Å². The van der Waals surface area contributed by atoms with Crippen LogP contribution in [0.25, 0.3) is 22.3 Å². The van der Waals surface area contributed by atoms with Crippen LogP contribution in [0.2, 0.25) is 0 Å². The molecule has 2 aliphatic heterocycles. The summed E-state index contributed by atoms with van der Waals surface area (Å²) in [5, 5.41) is 4.53. The minimum absolute atomic E-state index is 0.0736. The fourth-order valence-electron chi connectivity index (χ4n) is 5.47. The van der Waals surface area contributed by atoms with Crippen molar-refractivity contribution in [1.82, 2.24) is 24.7 Å². The first kappa shape index (κ1) is 25.6. The highest BCUT2D eigenvalue weighted by Gasteiger charge is 2.30. The van der Waals surface area contributed by atoms with Crippen LogP contribution < -0.4 is 0 Å². The normalized spacial score (nSPS) is 21.6. The molecular formula is C30H31F2N5O3. The molecule has 4 aromatic rings. The van der Waals surface area contributed by atoms with E-state index < -0.39 is 11.6 Å². The van der Waals surface area contributed by atoms with Gasteiger partial charge >= 0.3 is 0 Å². The molecule has 1 saturated carbocycles. The maximum atomic E-state index is 15.1. The fourth-order valence-corrected chi connectivity index (χ4v) is 5.47. The van der Waals surface area contributed by atoms with E-state index in [4.69, 9.17) is 29.2 Å². The number of hydrogen-bond acceptors (Lipinski definition) is 7. The SMILES string of the molecule is Cc1nc2cc([C@@H]3CCO[C@H](c4cnn(C5CC5)c4)C3)nc(-c3ccc(F)cc3F)c2nc1COCC1COC1. The summed E-state index contributed by atoms with van der Waals surface area (Å²) in [4.78, 5) is 14.7. The second-order valence-corrected chi connectivity index (χ2v) is 11.1. The molecule has 0 radical (unpaired) electrons. The lowest BCUT2D eigenvalue weighted by Crippen LogP contribution is -2.31. The van der Waals surface area contributed by atoms with Crippen molar-refractivity contribution in [1.29, 1.82) is 0 Å². The van der Waals surface area contributed by atoms with Gasteiger partial charge in [-0.3, -0.25) is 4.68 Å². The van der Waals surface area contributed by atoms with Crippen molar-refractivity contribution in [2.45, 2.75) is 57.3 Å². The van der Waals surface area contributed by atoms with Crippen LogP contribution >= 0.6 is 0 Å². The fraction of sp³-hybridized carbons (Fsp3) is 0.467. The van der Waals surface area contributed by atoms with Crippen LogP contribution in [0.5, 0.6) is 0 Å². The maximum Gasteiger partial charge on any atom is 0.135 e. The molecule has 3 aliphatic rings. The molecule has 0 spiro atoms. The quantitative estimate of drug-likeness (QED) is 0.284. The molecule has 0 N–H and O–H groups in total. The summed E-state index contributed by atoms with van der Waals surface area (Å²) in [6.07, 6.45) is 7.74. The summed E-state index contributed by atoms with van der Waals surface area (Å²) in [5.74, 6) is -0.858. The monoisotopic (exact) mass is 547 g/mol. The zero-order chi connectivity index (χ0) is 27.2. The van der Waals surface area contributed by atoms with Crippen molar-refractivity contribution in [2.24, 2.45) is 5.92 Å². The van der Waals surface area contributed by atoms with Crippen molar-refractivity contribution in [2.75, 3.05) is 26.4 Å². The Morgan fingerprint density at radius 1 is 1.07 bits per heavy atom. The van der Waals surface area contributed by atoms with Crippen molar-refractivity contribution < 1.29 is 23.0 Å². The largest absolute Gasteiger partial charge is 0.381 e. The number of ether oxygens (including phenoxy) is 3. The van der Waals surface area contributed by atoms with Crippen molar-refractivity contribution in [3.8, 4) is 11.3 Å². The summed E-state index contributed by atoms with van der Waals surface area (Å²) in [5.41, 5.74) is 4.94. The lowest BCUT2D eigenvalue weighted by molar-refractivity contribution is -0.0749. The molecule has 5 heterocycles. The van der Waals surface area contributed by atoms with Gasteiger partial charge in [0, 0.05) is 47.5 Å². The molecule has 3 aromatic heterocycles. The molecule has 208 valence electrons. The molecule has 7 rings (SSSR count). The Balaban J connectivity index is 1.24. The maximum absolute atomic E-state index is 15.1. The van der Waals surface area contributed by atoms with Gasteiger partial charge in [-0.25, -0.2) is 23.7 Å². The van der Waals surface area contributed by atoms with Crippen molar-refractivity contribution in [3.05, 3.63) is 70.9 Å². The standard InChI is InChI=1S/C30H31F2N5O3/c1-17-27(16-39-15-18-13-38-14-18)36-30-26(34-17)10-25(35-29(30)23-5-2-21(31)9-24(23)32)19-6-7-40-28(8-19)20-11-33-37(12-20)22-3-4-22/h2,5,9-12,18-19,22,28H,3-4,6-8,13-16H2,1H3/t19-,28+/m1/s1. The first-order chi connectivity index (χ1) is 19.5. The number of aromatic nitrogens is 5. The molecule has 3 fully saturated rings. The number of halogens is 2. The molecule has 10 heteroatoms. The van der Waals surface area contributed by atoms with Gasteiger partial charge in [-0.2, -0.15) is 5.10 Å². The van der Waals surface area contributed by atoms with E-state index in [0.29, 0.717) is 60.8 Å². The van der Waals surface area contributed by atoms with E-state index in [0.717, 1.165) is 35.9 Å². The molecule has 40 heavy (non-hydrogen) atoms. The number of nitrogens with zero attached hydrogens (tertiary/aromatic N) is 5. The smallest absolute Gasteiger partial charge is 0.135 e. The van der Waals surface area contributed by atoms with E-state index in [1.54, 1.807) is 0 Å². The van der Waals surface area contributed by atoms with Gasteiger partial charge < -0.3 is 14.2 Å². The van der Waals surface area contributed by atoms with E-state index in [-0.39, 0.29) is 24.2 Å². The highest BCUT2D eigenvalue weighted by atomic mass is 19.1. The van der Waals surface area contributed by atoms with Crippen LogP contribution in [0.1, 0.15) is 66.4 Å². The molecule has 2 saturated heterocycles. The lowest BCUT2D eigenvalue weighted by atomic mass is 9.89. The average molecular weight is 548 g/mol. The van der Waals surface area contributed by atoms with Gasteiger partial charge in [0.05, 0.1) is 61.7 Å². The van der Waals surface area contributed by atoms with Crippen LogP contribution in [0.3, 0.4) is 0 Å². The molecule has 8 nitrogen and oxygen atoms in total. The zero-order valence-corrected chi connectivity index (χ0v) is 22.4. The minimum Gasteiger partial charge on any atom is -0.381 e. The third-order valence-electron chi connectivity index (χ3n) is 8.05. The topological polar surface area (TPSA) is 84.2 Å². The van der Waals surface area contributed by atoms with Crippen LogP contribution in [0, 0.1) is 24.5 Å². The average Bonchev–Trinajstić information content (AvgIpc) is 3.66. The highest BCUT2D eigenvalue weighted by molar-refractivity contribution is 5.89. The summed E-state index contributed by atoms with van der Waals surface area (Å²) in [6.45, 7) is 4.77. The summed E-state index contributed by atoms with van der Waals surface area (Å²) >= 11 is 0. The Morgan fingerprint density at radius 2 is 1.95 bits per heavy atom. The molecule has 0 bridgehead atoms. The second kappa shape index (κ2) is 10.6. The van der Waals surface area contributed by atoms with Gasteiger partial charge in [0.15, 0.2) is 0 Å². The predicted molar refractivity (Wildman–Crippen MR) is 143 cm³/mol. The Bertz CT molecular complexity index is 1550. The van der Waals surface area contributed by atoms with E-state index in [1.807, 2.05) is 23.9 Å². The van der Waals surface area contributed by atoms with Gasteiger partial charge in [0.25, 0.3) is 0 Å².